The van der Waals surface area contributed by atoms with Crippen molar-refractivity contribution in [2.24, 2.45) is 0 Å². The molecule has 0 aliphatic carbocycles. The van der Waals surface area contributed by atoms with E-state index < -0.39 is 10.0 Å². The van der Waals surface area contributed by atoms with Gasteiger partial charge in [-0.1, -0.05) is 0 Å². The second-order valence-corrected chi connectivity index (χ2v) is 7.22. The highest BCUT2D eigenvalue weighted by Gasteiger charge is 2.24. The van der Waals surface area contributed by atoms with E-state index in [-0.39, 0.29) is 11.0 Å². The van der Waals surface area contributed by atoms with Gasteiger partial charge in [0.1, 0.15) is 4.90 Å². The van der Waals surface area contributed by atoms with Crippen LogP contribution in [0.1, 0.15) is 13.8 Å². The predicted molar refractivity (Wildman–Crippen MR) is 83.6 cm³/mol. The molecule has 0 spiro atoms. The Kier molecular flexibility index (Phi) is 4.55. The van der Waals surface area contributed by atoms with E-state index >= 15 is 0 Å². The summed E-state index contributed by atoms with van der Waals surface area (Å²) in [6, 6.07) is 5.12. The molecule has 0 aliphatic heterocycles. The number of anilines is 1. The van der Waals surface area contributed by atoms with E-state index in [9.17, 15) is 8.42 Å². The first kappa shape index (κ1) is 15.8. The van der Waals surface area contributed by atoms with Crippen molar-refractivity contribution >= 4 is 26.6 Å². The molecule has 1 aromatic carbocycles. The molecule has 0 bridgehead atoms. The molecule has 0 radical (unpaired) electrons. The summed E-state index contributed by atoms with van der Waals surface area (Å²) in [5.41, 5.74) is 7.00. The zero-order valence-electron chi connectivity index (χ0n) is 12.5. The fourth-order valence-electron chi connectivity index (χ4n) is 2.04. The number of hydrogen-bond donors (Lipinski definition) is 2. The molecule has 2 rings (SSSR count). The molecule has 0 unspecified atom stereocenters. The van der Waals surface area contributed by atoms with Crippen LogP contribution < -0.4 is 5.73 Å². The van der Waals surface area contributed by atoms with E-state index in [1.165, 1.54) is 10.5 Å². The number of nitrogens with two attached hydrogens (primary N) is 1. The quantitative estimate of drug-likeness (QED) is 0.796. The number of H-pyrrole nitrogens is 1. The van der Waals surface area contributed by atoms with Crippen molar-refractivity contribution in [3.63, 3.8) is 0 Å². The number of aromatic amines is 1. The third-order valence-electron chi connectivity index (χ3n) is 3.21. The van der Waals surface area contributed by atoms with Gasteiger partial charge in [-0.05, 0) is 32.0 Å². The van der Waals surface area contributed by atoms with Crippen LogP contribution in [0.25, 0.3) is 10.9 Å². The van der Waals surface area contributed by atoms with Crippen LogP contribution in [0.15, 0.2) is 29.3 Å². The van der Waals surface area contributed by atoms with Crippen LogP contribution in [0.2, 0.25) is 0 Å². The third-order valence-corrected chi connectivity index (χ3v) is 5.11. The number of nitrogens with zero attached hydrogens (tertiary/aromatic N) is 1. The molecular formula is C14H21N3O3S. The normalized spacial score (nSPS) is 12.6. The Morgan fingerprint density at radius 2 is 2.10 bits per heavy atom. The lowest BCUT2D eigenvalue weighted by molar-refractivity contribution is 0.0737. The van der Waals surface area contributed by atoms with Crippen molar-refractivity contribution in [2.75, 3.05) is 25.9 Å². The van der Waals surface area contributed by atoms with Crippen molar-refractivity contribution < 1.29 is 13.2 Å². The Morgan fingerprint density at radius 1 is 1.38 bits per heavy atom. The van der Waals surface area contributed by atoms with Gasteiger partial charge in [-0.2, -0.15) is 4.31 Å². The van der Waals surface area contributed by atoms with Gasteiger partial charge in [-0.25, -0.2) is 8.42 Å². The number of nitrogen functional groups attached to an aromatic ring is 1. The molecule has 6 nitrogen and oxygen atoms in total. The van der Waals surface area contributed by atoms with Crippen LogP contribution in [0.5, 0.6) is 0 Å². The molecule has 2 aromatic rings. The van der Waals surface area contributed by atoms with Crippen LogP contribution >= 0.6 is 0 Å². The van der Waals surface area contributed by atoms with Gasteiger partial charge < -0.3 is 15.5 Å². The molecule has 116 valence electrons. The molecular weight excluding hydrogens is 290 g/mol. The van der Waals surface area contributed by atoms with E-state index in [2.05, 4.69) is 4.98 Å². The van der Waals surface area contributed by atoms with Crippen molar-refractivity contribution in [3.05, 3.63) is 24.4 Å². The summed E-state index contributed by atoms with van der Waals surface area (Å²) >= 11 is 0. The first-order valence-corrected chi connectivity index (χ1v) is 8.21. The summed E-state index contributed by atoms with van der Waals surface area (Å²) in [5.74, 6) is 0. The monoisotopic (exact) mass is 311 g/mol. The van der Waals surface area contributed by atoms with E-state index in [0.717, 1.165) is 0 Å². The van der Waals surface area contributed by atoms with Crippen LogP contribution in [0.3, 0.4) is 0 Å². The van der Waals surface area contributed by atoms with Gasteiger partial charge in [0.25, 0.3) is 0 Å². The smallest absolute Gasteiger partial charge is 0.245 e. The van der Waals surface area contributed by atoms with Crippen molar-refractivity contribution in [1.82, 2.24) is 9.29 Å². The lowest BCUT2D eigenvalue weighted by atomic mass is 10.2. The topological polar surface area (TPSA) is 88.4 Å². The summed E-state index contributed by atoms with van der Waals surface area (Å²) in [5, 5.41) is 0.640. The van der Waals surface area contributed by atoms with E-state index in [4.69, 9.17) is 10.5 Å². The molecule has 0 saturated carbocycles. The predicted octanol–water partition coefficient (Wildman–Crippen LogP) is 1.80. The molecule has 0 atom stereocenters. The summed E-state index contributed by atoms with van der Waals surface area (Å²) < 4.78 is 31.9. The highest BCUT2D eigenvalue weighted by Crippen LogP contribution is 2.26. The van der Waals surface area contributed by atoms with Gasteiger partial charge >= 0.3 is 0 Å². The largest absolute Gasteiger partial charge is 0.399 e. The number of aromatic nitrogens is 1. The average Bonchev–Trinajstić information content (AvgIpc) is 2.81. The van der Waals surface area contributed by atoms with Gasteiger partial charge in [-0.3, -0.25) is 0 Å². The number of ether oxygens (including phenoxy) is 1. The molecule has 3 N–H and O–H groups in total. The zero-order chi connectivity index (χ0) is 15.6. The summed E-state index contributed by atoms with van der Waals surface area (Å²) in [4.78, 5) is 3.20. The van der Waals surface area contributed by atoms with E-state index in [1.54, 1.807) is 25.2 Å². The Morgan fingerprint density at radius 3 is 2.76 bits per heavy atom. The van der Waals surface area contributed by atoms with E-state index in [1.807, 2.05) is 13.8 Å². The minimum Gasteiger partial charge on any atom is -0.399 e. The number of hydrogen-bond acceptors (Lipinski definition) is 4. The Bertz CT molecular complexity index is 722. The first-order chi connectivity index (χ1) is 9.82. The highest BCUT2D eigenvalue weighted by atomic mass is 32.2. The number of fused-ring (bicyclic) bond motifs is 1. The fraction of sp³-hybridized carbons (Fsp3) is 0.429. The van der Waals surface area contributed by atoms with Crippen molar-refractivity contribution in [3.8, 4) is 0 Å². The fourth-order valence-corrected chi connectivity index (χ4v) is 3.35. The summed E-state index contributed by atoms with van der Waals surface area (Å²) in [6.45, 7) is 4.50. The second kappa shape index (κ2) is 6.05. The van der Waals surface area contributed by atoms with Crippen LogP contribution in [-0.4, -0.2) is 44.0 Å². The molecule has 0 amide bonds. The van der Waals surface area contributed by atoms with Gasteiger partial charge in [0.05, 0.1) is 12.7 Å². The number of likely N-dealkylation sites (N-methyl/N-ethyl adjacent to an activating group) is 1. The van der Waals surface area contributed by atoms with Gasteiger partial charge in [0.15, 0.2) is 0 Å². The molecule has 1 heterocycles. The van der Waals surface area contributed by atoms with E-state index in [0.29, 0.717) is 29.7 Å². The van der Waals surface area contributed by atoms with Gasteiger partial charge in [-0.15, -0.1) is 0 Å². The average molecular weight is 311 g/mol. The molecule has 21 heavy (non-hydrogen) atoms. The number of benzene rings is 1. The van der Waals surface area contributed by atoms with Crippen LogP contribution in [0, 0.1) is 0 Å². The number of nitrogens with one attached hydrogen (secondary N) is 1. The lowest BCUT2D eigenvalue weighted by Crippen LogP contribution is -2.30. The summed E-state index contributed by atoms with van der Waals surface area (Å²) in [7, 11) is -2.00. The highest BCUT2D eigenvalue weighted by molar-refractivity contribution is 7.89. The summed E-state index contributed by atoms with van der Waals surface area (Å²) in [6.07, 6.45) is 1.58. The zero-order valence-corrected chi connectivity index (χ0v) is 13.3. The van der Waals surface area contributed by atoms with Crippen LogP contribution in [-0.2, 0) is 14.8 Å². The maximum Gasteiger partial charge on any atom is 0.245 e. The lowest BCUT2D eigenvalue weighted by Gasteiger charge is -2.17. The standard InChI is InChI=1S/C14H21N3O3S/c1-10(2)20-7-6-17(3)21(18,19)14-9-16-13-8-11(15)4-5-12(13)14/h4-5,8-10,16H,6-7,15H2,1-3H3. The van der Waals surface area contributed by atoms with Crippen molar-refractivity contribution in [1.29, 1.82) is 0 Å². The second-order valence-electron chi connectivity index (χ2n) is 5.20. The van der Waals surface area contributed by atoms with Crippen molar-refractivity contribution in [2.45, 2.75) is 24.8 Å². The maximum atomic E-state index is 12.6. The van der Waals surface area contributed by atoms with Crippen LogP contribution in [0.4, 0.5) is 5.69 Å². The Labute approximate surface area is 124 Å². The maximum absolute atomic E-state index is 12.6. The number of rotatable bonds is 6. The first-order valence-electron chi connectivity index (χ1n) is 6.77. The SMILES string of the molecule is CC(C)OCCN(C)S(=O)(=O)c1c[nH]c2cc(N)ccc12. The molecule has 0 aliphatic rings. The minimum atomic E-state index is -3.55. The molecule has 0 fully saturated rings. The molecule has 1 aromatic heterocycles. The molecule has 0 saturated heterocycles. The van der Waals surface area contributed by atoms with Gasteiger partial charge in [0, 0.05) is 36.4 Å². The minimum absolute atomic E-state index is 0.0807. The number of sulfonamides is 1. The Hall–Kier alpha value is -1.57. The van der Waals surface area contributed by atoms with Gasteiger partial charge in [0.2, 0.25) is 10.0 Å². The molecule has 7 heteroatoms. The Balaban J connectivity index is 2.25. The third kappa shape index (κ3) is 3.37.